The number of amides is 1. The van der Waals surface area contributed by atoms with Crippen molar-refractivity contribution in [2.24, 2.45) is 14.1 Å². The lowest BCUT2D eigenvalue weighted by Crippen LogP contribution is -2.41. The number of nitrogens with zero attached hydrogens (tertiary/aromatic N) is 5. The van der Waals surface area contributed by atoms with E-state index in [4.69, 9.17) is 66.0 Å². The summed E-state index contributed by atoms with van der Waals surface area (Å²) < 4.78 is 120. The van der Waals surface area contributed by atoms with Crippen LogP contribution >= 0.6 is 47.0 Å². The molecule has 2 aromatic carbocycles. The van der Waals surface area contributed by atoms with Gasteiger partial charge in [0.05, 0.1) is 46.2 Å². The molecule has 0 aliphatic heterocycles. The van der Waals surface area contributed by atoms with Crippen LogP contribution in [0, 0.1) is 5.82 Å². The number of aliphatic hydroxyl groups is 1. The summed E-state index contributed by atoms with van der Waals surface area (Å²) >= 11 is 24.0. The minimum Gasteiger partial charge on any atom is -0.499 e. The highest BCUT2D eigenvalue weighted by Crippen LogP contribution is 2.36. The standard InChI is InChI=1S/C36H29Cl3F7N5O10S/c1-47(2)27(52)11-23(58-5)31(61-22-10-20(18(40)8-17(22)39)51-29(54)13-26(36(44,45)46)49(4)34(51)57)30(32(55)62)24(59-6)14-60-21-9-19(15(37)7-16(21)38)50-28(53)12-25(35(41,42)43)48(3)33(50)56/h7-13,31H,14H2,1-6H3,(H,55,62)/b23-11?,30-24+. The summed E-state index contributed by atoms with van der Waals surface area (Å²) in [6.45, 7) is -0.828. The smallest absolute Gasteiger partial charge is 0.431 e. The van der Waals surface area contributed by atoms with Gasteiger partial charge in [0.1, 0.15) is 46.8 Å². The van der Waals surface area contributed by atoms with Crippen LogP contribution in [-0.4, -0.2) is 80.3 Å². The molecule has 334 valence electrons. The highest BCUT2D eigenvalue weighted by molar-refractivity contribution is 7.80. The number of alkyl halides is 6. The molecule has 15 nitrogen and oxygen atoms in total. The van der Waals surface area contributed by atoms with Gasteiger partial charge in [-0.25, -0.2) is 23.1 Å². The van der Waals surface area contributed by atoms with E-state index in [-0.39, 0.29) is 35.9 Å². The molecule has 0 aliphatic carbocycles. The lowest BCUT2D eigenvalue weighted by atomic mass is 10.1. The van der Waals surface area contributed by atoms with Crippen molar-refractivity contribution >= 4 is 58.0 Å². The molecule has 62 heavy (non-hydrogen) atoms. The van der Waals surface area contributed by atoms with E-state index in [0.717, 1.165) is 44.4 Å². The van der Waals surface area contributed by atoms with E-state index in [0.29, 0.717) is 23.7 Å². The molecular weight excluding hydrogens is 934 g/mol. The topological polar surface area (TPSA) is 165 Å². The van der Waals surface area contributed by atoms with E-state index in [9.17, 15) is 55.4 Å². The molecule has 1 N–H and O–H groups in total. The maximum absolute atomic E-state index is 15.5. The molecule has 2 aromatic heterocycles. The first-order valence-electron chi connectivity index (χ1n) is 16.7. The number of methoxy groups -OCH3 is 2. The van der Waals surface area contributed by atoms with Crippen molar-refractivity contribution in [3.8, 4) is 22.9 Å². The SMILES string of the molecule is COC(=CC(=O)N(C)C)C(Oc1cc(-n2c(=O)cc(C(F)(F)F)n(C)c2=O)c(F)cc1Cl)/C(C(O)=S)=C(/COc1cc(-n2c(=O)cc(C(F)(F)F)n(C)c2=O)c(Cl)cc1Cl)OC. The minimum absolute atomic E-state index is 0.0463. The minimum atomic E-state index is -5.15. The maximum atomic E-state index is 15.5. The zero-order valence-corrected chi connectivity index (χ0v) is 35.5. The quantitative estimate of drug-likeness (QED) is 0.0751. The van der Waals surface area contributed by atoms with Gasteiger partial charge in [-0.2, -0.15) is 26.3 Å². The molecule has 0 radical (unpaired) electrons. The van der Waals surface area contributed by atoms with E-state index < -0.39 is 121 Å². The number of ether oxygens (including phenoxy) is 4. The fourth-order valence-corrected chi connectivity index (χ4v) is 6.40. The van der Waals surface area contributed by atoms with Crippen molar-refractivity contribution in [1.82, 2.24) is 23.2 Å². The number of carbonyl (C=O) groups excluding carboxylic acids is 1. The second kappa shape index (κ2) is 18.7. The van der Waals surface area contributed by atoms with Crippen LogP contribution in [0.15, 0.2) is 78.7 Å². The summed E-state index contributed by atoms with van der Waals surface area (Å²) in [5.74, 6) is -4.15. The van der Waals surface area contributed by atoms with Crippen molar-refractivity contribution < 1.29 is 59.6 Å². The molecule has 1 unspecified atom stereocenters. The number of carbonyl (C=O) groups is 1. The summed E-state index contributed by atoms with van der Waals surface area (Å²) in [5.41, 5.74) is -11.4. The Morgan fingerprint density at radius 1 is 0.790 bits per heavy atom. The first-order valence-corrected chi connectivity index (χ1v) is 18.3. The van der Waals surface area contributed by atoms with Gasteiger partial charge in [-0.05, 0) is 24.4 Å². The zero-order chi connectivity index (χ0) is 46.9. The Bertz CT molecular complexity index is 2780. The number of thiocarbonyl (C=S) groups is 1. The third-order valence-corrected chi connectivity index (χ3v) is 9.66. The van der Waals surface area contributed by atoms with Gasteiger partial charge in [-0.3, -0.25) is 23.5 Å². The highest BCUT2D eigenvalue weighted by Gasteiger charge is 2.37. The maximum Gasteiger partial charge on any atom is 0.431 e. The normalized spacial score (nSPS) is 13.0. The van der Waals surface area contributed by atoms with Crippen LogP contribution in [0.25, 0.3) is 11.4 Å². The number of likely N-dealkylation sites (N-methyl/N-ethyl adjacent to an activating group) is 1. The molecule has 2 heterocycles. The number of rotatable bonds is 13. The summed E-state index contributed by atoms with van der Waals surface area (Å²) in [7, 11) is 6.20. The summed E-state index contributed by atoms with van der Waals surface area (Å²) in [6.07, 6.45) is -11.4. The molecule has 0 aliphatic rings. The summed E-state index contributed by atoms with van der Waals surface area (Å²) in [4.78, 5) is 65.8. The highest BCUT2D eigenvalue weighted by atomic mass is 35.5. The Hall–Kier alpha value is -5.78. The van der Waals surface area contributed by atoms with Crippen molar-refractivity contribution in [3.05, 3.63) is 134 Å². The van der Waals surface area contributed by atoms with E-state index >= 15 is 4.39 Å². The van der Waals surface area contributed by atoms with Crippen LogP contribution in [0.4, 0.5) is 30.7 Å². The van der Waals surface area contributed by atoms with Gasteiger partial charge in [0.2, 0.25) is 5.91 Å². The van der Waals surface area contributed by atoms with Crippen LogP contribution in [0.2, 0.25) is 15.1 Å². The molecule has 0 saturated carbocycles. The van der Waals surface area contributed by atoms with E-state index in [1.54, 1.807) is 0 Å². The fraction of sp³-hybridized carbons (Fsp3) is 0.278. The largest absolute Gasteiger partial charge is 0.499 e. The predicted molar refractivity (Wildman–Crippen MR) is 213 cm³/mol. The van der Waals surface area contributed by atoms with Gasteiger partial charge in [-0.15, -0.1) is 0 Å². The molecule has 0 saturated heterocycles. The van der Waals surface area contributed by atoms with Crippen LogP contribution in [-0.2, 0) is 40.7 Å². The van der Waals surface area contributed by atoms with Crippen molar-refractivity contribution in [2.75, 3.05) is 34.9 Å². The Labute approximate surface area is 363 Å². The van der Waals surface area contributed by atoms with Crippen molar-refractivity contribution in [1.29, 1.82) is 0 Å². The number of aromatic nitrogens is 4. The first kappa shape index (κ1) is 48.9. The van der Waals surface area contributed by atoms with Gasteiger partial charge in [0.15, 0.2) is 11.2 Å². The molecule has 0 bridgehead atoms. The van der Waals surface area contributed by atoms with Crippen LogP contribution < -0.4 is 32.0 Å². The third kappa shape index (κ3) is 10.1. The predicted octanol–water partition coefficient (Wildman–Crippen LogP) is 5.75. The molecule has 26 heteroatoms. The average Bonchev–Trinajstić information content (AvgIpc) is 3.16. The summed E-state index contributed by atoms with van der Waals surface area (Å²) in [6, 6.07) is 3.29. The van der Waals surface area contributed by atoms with Gasteiger partial charge in [0, 0.05) is 58.5 Å². The lowest BCUT2D eigenvalue weighted by Gasteiger charge is -2.26. The summed E-state index contributed by atoms with van der Waals surface area (Å²) in [5, 5.41) is 8.61. The third-order valence-electron chi connectivity index (χ3n) is 8.55. The Morgan fingerprint density at radius 3 is 1.73 bits per heavy atom. The number of benzene rings is 2. The number of halogens is 10. The van der Waals surface area contributed by atoms with Crippen molar-refractivity contribution in [3.63, 3.8) is 0 Å². The molecule has 4 rings (SSSR count). The zero-order valence-electron chi connectivity index (χ0n) is 32.4. The number of hydrogen-bond acceptors (Lipinski definition) is 10. The Balaban J connectivity index is 1.93. The monoisotopic (exact) mass is 961 g/mol. The van der Waals surface area contributed by atoms with Crippen LogP contribution in [0.5, 0.6) is 11.5 Å². The van der Waals surface area contributed by atoms with Gasteiger partial charge in [0.25, 0.3) is 11.1 Å². The van der Waals surface area contributed by atoms with Crippen molar-refractivity contribution in [2.45, 2.75) is 18.5 Å². The first-order chi connectivity index (χ1) is 28.7. The van der Waals surface area contributed by atoms with Gasteiger partial charge < -0.3 is 29.0 Å². The fourth-order valence-electron chi connectivity index (χ4n) is 5.47. The van der Waals surface area contributed by atoms with Gasteiger partial charge >= 0.3 is 23.7 Å². The lowest BCUT2D eigenvalue weighted by molar-refractivity contribution is -0.144. The average molecular weight is 963 g/mol. The van der Waals surface area contributed by atoms with Gasteiger partial charge in [-0.1, -0.05) is 34.8 Å². The molecule has 4 aromatic rings. The molecule has 1 atom stereocenters. The molecular formula is C36H29Cl3F7N5O10S. The number of hydrogen-bond donors (Lipinski definition) is 1. The van der Waals surface area contributed by atoms with Crippen LogP contribution in [0.1, 0.15) is 11.4 Å². The Kier molecular flexibility index (Phi) is 14.7. The second-order valence-electron chi connectivity index (χ2n) is 12.7. The van der Waals surface area contributed by atoms with E-state index in [1.165, 1.54) is 14.1 Å². The molecule has 1 amide bonds. The Morgan fingerprint density at radius 2 is 1.27 bits per heavy atom. The number of aliphatic hydroxyl groups excluding tert-OH is 1. The second-order valence-corrected chi connectivity index (χ2v) is 14.3. The van der Waals surface area contributed by atoms with E-state index in [2.05, 4.69) is 0 Å². The molecule has 0 fully saturated rings. The van der Waals surface area contributed by atoms with E-state index in [1.807, 2.05) is 0 Å². The molecule has 0 spiro atoms. The van der Waals surface area contributed by atoms with Crippen LogP contribution in [0.3, 0.4) is 0 Å².